The predicted molar refractivity (Wildman–Crippen MR) is 124 cm³/mol. The Morgan fingerprint density at radius 1 is 1.12 bits per heavy atom. The number of hydrogen-bond acceptors (Lipinski definition) is 6. The van der Waals surface area contributed by atoms with Crippen LogP contribution < -0.4 is 5.76 Å². The van der Waals surface area contributed by atoms with Crippen LogP contribution in [-0.4, -0.2) is 43.4 Å². The number of fused-ring (bicyclic) bond motifs is 1. The topological polar surface area (TPSA) is 94.1 Å². The second-order valence-electron chi connectivity index (χ2n) is 8.62. The van der Waals surface area contributed by atoms with Gasteiger partial charge in [0.15, 0.2) is 5.58 Å². The molecule has 0 bridgehead atoms. The molecule has 0 saturated carbocycles. The number of amides is 1. The third-order valence-corrected chi connectivity index (χ3v) is 6.20. The van der Waals surface area contributed by atoms with Crippen molar-refractivity contribution in [1.29, 1.82) is 0 Å². The average molecular weight is 444 g/mol. The first-order chi connectivity index (χ1) is 16.0. The molecule has 1 unspecified atom stereocenters. The number of carbonyl (C=O) groups is 1. The summed E-state index contributed by atoms with van der Waals surface area (Å²) in [5, 5.41) is 0. The van der Waals surface area contributed by atoms with Gasteiger partial charge in [-0.3, -0.25) is 14.3 Å². The summed E-state index contributed by atoms with van der Waals surface area (Å²) in [6.45, 7) is 5.55. The van der Waals surface area contributed by atoms with Crippen LogP contribution in [0, 0.1) is 13.8 Å². The first-order valence-corrected chi connectivity index (χ1v) is 11.1. The van der Waals surface area contributed by atoms with Gasteiger partial charge < -0.3 is 9.32 Å². The molecule has 1 aromatic carbocycles. The van der Waals surface area contributed by atoms with Crippen molar-refractivity contribution in [3.63, 3.8) is 0 Å². The normalized spacial score (nSPS) is 15.9. The fourth-order valence-corrected chi connectivity index (χ4v) is 4.50. The van der Waals surface area contributed by atoms with E-state index in [1.807, 2.05) is 36.9 Å². The van der Waals surface area contributed by atoms with Crippen LogP contribution >= 0.6 is 0 Å². The maximum absolute atomic E-state index is 12.9. The van der Waals surface area contributed by atoms with Crippen LogP contribution in [-0.2, 0) is 11.3 Å². The van der Waals surface area contributed by atoms with Gasteiger partial charge in [-0.2, -0.15) is 0 Å². The minimum atomic E-state index is -0.427. The van der Waals surface area contributed by atoms with Crippen LogP contribution in [0.15, 0.2) is 58.3 Å². The summed E-state index contributed by atoms with van der Waals surface area (Å²) in [4.78, 5) is 40.0. The van der Waals surface area contributed by atoms with Crippen LogP contribution in [0.1, 0.15) is 35.7 Å². The van der Waals surface area contributed by atoms with Gasteiger partial charge in [0.25, 0.3) is 0 Å². The van der Waals surface area contributed by atoms with E-state index in [9.17, 15) is 9.59 Å². The van der Waals surface area contributed by atoms with E-state index in [0.29, 0.717) is 25.2 Å². The number of oxazole rings is 1. The molecule has 0 spiro atoms. The summed E-state index contributed by atoms with van der Waals surface area (Å²) in [5.41, 5.74) is 6.21. The van der Waals surface area contributed by atoms with Crippen molar-refractivity contribution < 1.29 is 9.21 Å². The Bertz CT molecular complexity index is 1380. The van der Waals surface area contributed by atoms with E-state index in [-0.39, 0.29) is 18.2 Å². The van der Waals surface area contributed by atoms with Gasteiger partial charge in [0, 0.05) is 61.3 Å². The highest BCUT2D eigenvalue weighted by atomic mass is 16.4. The molecule has 0 radical (unpaired) electrons. The summed E-state index contributed by atoms with van der Waals surface area (Å²) in [6.07, 6.45) is 6.21. The molecule has 8 nitrogen and oxygen atoms in total. The van der Waals surface area contributed by atoms with Gasteiger partial charge in [-0.1, -0.05) is 6.07 Å². The molecule has 4 aromatic rings. The number of pyridine rings is 1. The number of carbonyl (C=O) groups excluding carboxylic acids is 1. The Morgan fingerprint density at radius 3 is 2.76 bits per heavy atom. The zero-order chi connectivity index (χ0) is 22.9. The van der Waals surface area contributed by atoms with Crippen molar-refractivity contribution in [3.8, 4) is 11.1 Å². The number of aromatic nitrogens is 4. The Labute approximate surface area is 190 Å². The summed E-state index contributed by atoms with van der Waals surface area (Å²) in [7, 11) is 0. The molecule has 1 fully saturated rings. The van der Waals surface area contributed by atoms with Crippen molar-refractivity contribution in [2.24, 2.45) is 0 Å². The van der Waals surface area contributed by atoms with Crippen LogP contribution in [0.5, 0.6) is 0 Å². The Kier molecular flexibility index (Phi) is 5.50. The SMILES string of the molecule is Cc1ccc2oc(=O)n(CCC(=O)N3CCC(c4cc(-c5cncnc5)cc(C)n4)C3)c2c1. The molecule has 3 aromatic heterocycles. The van der Waals surface area contributed by atoms with Crippen molar-refractivity contribution in [1.82, 2.24) is 24.4 Å². The minimum absolute atomic E-state index is 0.0377. The van der Waals surface area contributed by atoms with Crippen LogP contribution in [0.4, 0.5) is 0 Å². The second-order valence-corrected chi connectivity index (χ2v) is 8.62. The Balaban J connectivity index is 1.28. The standard InChI is InChI=1S/C25H25N5O3/c1-16-3-4-23-22(9-16)30(25(32)33-23)8-6-24(31)29-7-5-18(14-29)21-11-19(10-17(2)28-21)20-12-26-15-27-13-20/h3-4,9-13,15,18H,5-8,14H2,1-2H3. The molecule has 0 aliphatic carbocycles. The van der Waals surface area contributed by atoms with Gasteiger partial charge in [0.1, 0.15) is 6.33 Å². The lowest BCUT2D eigenvalue weighted by molar-refractivity contribution is -0.130. The molecule has 1 aliphatic heterocycles. The molecule has 1 saturated heterocycles. The third kappa shape index (κ3) is 4.28. The zero-order valence-electron chi connectivity index (χ0n) is 18.7. The molecule has 1 amide bonds. The maximum Gasteiger partial charge on any atom is 0.419 e. The van der Waals surface area contributed by atoms with E-state index in [4.69, 9.17) is 9.40 Å². The fraction of sp³-hybridized carbons (Fsp3) is 0.320. The van der Waals surface area contributed by atoms with Gasteiger partial charge >= 0.3 is 5.76 Å². The fourth-order valence-electron chi connectivity index (χ4n) is 4.50. The van der Waals surface area contributed by atoms with E-state index in [1.165, 1.54) is 6.33 Å². The predicted octanol–water partition coefficient (Wildman–Crippen LogP) is 3.47. The summed E-state index contributed by atoms with van der Waals surface area (Å²) in [6, 6.07) is 9.70. The molecule has 1 aliphatic rings. The summed E-state index contributed by atoms with van der Waals surface area (Å²) in [5.74, 6) is -0.211. The van der Waals surface area contributed by atoms with E-state index in [0.717, 1.165) is 40.0 Å². The maximum atomic E-state index is 12.9. The van der Waals surface area contributed by atoms with Crippen LogP contribution in [0.3, 0.4) is 0 Å². The van der Waals surface area contributed by atoms with Gasteiger partial charge in [-0.05, 0) is 55.7 Å². The minimum Gasteiger partial charge on any atom is -0.408 e. The quantitative estimate of drug-likeness (QED) is 0.469. The zero-order valence-corrected chi connectivity index (χ0v) is 18.7. The molecule has 5 rings (SSSR count). The van der Waals surface area contributed by atoms with Crippen molar-refractivity contribution in [3.05, 3.63) is 76.6 Å². The smallest absolute Gasteiger partial charge is 0.408 e. The Morgan fingerprint density at radius 2 is 1.94 bits per heavy atom. The number of likely N-dealkylation sites (tertiary alicyclic amines) is 1. The summed E-state index contributed by atoms with van der Waals surface area (Å²) >= 11 is 0. The van der Waals surface area contributed by atoms with Gasteiger partial charge in [0.05, 0.1) is 5.52 Å². The lowest BCUT2D eigenvalue weighted by Gasteiger charge is -2.17. The first kappa shape index (κ1) is 21.1. The lowest BCUT2D eigenvalue weighted by atomic mass is 10.00. The number of hydrogen-bond donors (Lipinski definition) is 0. The highest BCUT2D eigenvalue weighted by Gasteiger charge is 2.28. The number of aryl methyl sites for hydroxylation is 3. The molecule has 8 heteroatoms. The number of nitrogens with zero attached hydrogens (tertiary/aromatic N) is 5. The largest absolute Gasteiger partial charge is 0.419 e. The first-order valence-electron chi connectivity index (χ1n) is 11.1. The Hall–Kier alpha value is -3.81. The molecule has 0 N–H and O–H groups in total. The average Bonchev–Trinajstić information content (AvgIpc) is 3.42. The van der Waals surface area contributed by atoms with Crippen LogP contribution in [0.2, 0.25) is 0 Å². The molecular weight excluding hydrogens is 418 g/mol. The molecule has 4 heterocycles. The van der Waals surface area contributed by atoms with Crippen molar-refractivity contribution in [2.45, 2.75) is 39.2 Å². The molecule has 168 valence electrons. The number of benzene rings is 1. The van der Waals surface area contributed by atoms with E-state index < -0.39 is 5.76 Å². The highest BCUT2D eigenvalue weighted by molar-refractivity contribution is 5.77. The molecular formula is C25H25N5O3. The molecule has 33 heavy (non-hydrogen) atoms. The van der Waals surface area contributed by atoms with Crippen molar-refractivity contribution in [2.75, 3.05) is 13.1 Å². The van der Waals surface area contributed by atoms with E-state index >= 15 is 0 Å². The van der Waals surface area contributed by atoms with E-state index in [1.54, 1.807) is 23.0 Å². The highest BCUT2D eigenvalue weighted by Crippen LogP contribution is 2.30. The second kappa shape index (κ2) is 8.61. The monoisotopic (exact) mass is 443 g/mol. The van der Waals surface area contributed by atoms with Crippen LogP contribution in [0.25, 0.3) is 22.2 Å². The van der Waals surface area contributed by atoms with Gasteiger partial charge in [-0.15, -0.1) is 0 Å². The van der Waals surface area contributed by atoms with Gasteiger partial charge in [-0.25, -0.2) is 14.8 Å². The third-order valence-electron chi connectivity index (χ3n) is 6.20. The number of rotatable bonds is 5. The molecule has 1 atom stereocenters. The summed E-state index contributed by atoms with van der Waals surface area (Å²) < 4.78 is 6.86. The van der Waals surface area contributed by atoms with E-state index in [2.05, 4.69) is 16.0 Å². The van der Waals surface area contributed by atoms with Crippen molar-refractivity contribution >= 4 is 17.0 Å². The lowest BCUT2D eigenvalue weighted by Crippen LogP contribution is -2.30. The van der Waals surface area contributed by atoms with Gasteiger partial charge in [0.2, 0.25) is 5.91 Å².